The third-order valence-electron chi connectivity index (χ3n) is 14.8. The van der Waals surface area contributed by atoms with E-state index in [2.05, 4.69) is 59.6 Å². The maximum Gasteiger partial charge on any atom is 0.0490 e. The predicted molar refractivity (Wildman–Crippen MR) is 140 cm³/mol. The molecule has 0 heterocycles. The highest BCUT2D eigenvalue weighted by molar-refractivity contribution is 5.26. The monoisotopic (exact) mass is 471 g/mol. The molecule has 0 aromatic heterocycles. The zero-order valence-electron chi connectivity index (χ0n) is 23.1. The van der Waals surface area contributed by atoms with E-state index in [0.717, 1.165) is 6.42 Å². The normalized spacial score (nSPS) is 58.9. The second-order valence-corrected chi connectivity index (χ2v) is 14.6. The smallest absolute Gasteiger partial charge is 0.0490 e. The van der Waals surface area contributed by atoms with Crippen molar-refractivity contribution in [3.63, 3.8) is 0 Å². The van der Waals surface area contributed by atoms with Crippen LogP contribution in [0.15, 0.2) is 12.7 Å². The number of rotatable bonds is 4. The van der Waals surface area contributed by atoms with E-state index >= 15 is 0 Å². The standard InChI is InChI=1S/C31H53NO2/c1-8-22-10-14-30(20-34)17-16-29(6)26(3)15-18-31(32-7)21(2)23(19-33)9-12-27(31,4)24(26)11-13-28(29,5)25(22)30/h8,21-25,32-34H,1,9-20H2,2-7H3. The molecule has 0 amide bonds. The first-order chi connectivity index (χ1) is 16.0. The van der Waals surface area contributed by atoms with Crippen molar-refractivity contribution in [3.05, 3.63) is 12.7 Å². The largest absolute Gasteiger partial charge is 0.396 e. The van der Waals surface area contributed by atoms with Gasteiger partial charge in [0, 0.05) is 18.8 Å². The van der Waals surface area contributed by atoms with E-state index in [9.17, 15) is 10.2 Å². The van der Waals surface area contributed by atoms with Crippen LogP contribution < -0.4 is 5.32 Å². The Labute approximate surface area is 209 Å². The molecule has 3 heteroatoms. The summed E-state index contributed by atoms with van der Waals surface area (Å²) in [6, 6.07) is 0. The summed E-state index contributed by atoms with van der Waals surface area (Å²) in [6.45, 7) is 18.0. The van der Waals surface area contributed by atoms with Gasteiger partial charge >= 0.3 is 0 Å². The van der Waals surface area contributed by atoms with Crippen molar-refractivity contribution in [1.29, 1.82) is 0 Å². The highest BCUT2D eigenvalue weighted by atomic mass is 16.3. The lowest BCUT2D eigenvalue weighted by Crippen LogP contribution is -2.75. The molecule has 5 rings (SSSR count). The average Bonchev–Trinajstić information content (AvgIpc) is 3.22. The Morgan fingerprint density at radius 2 is 1.56 bits per heavy atom. The zero-order valence-corrected chi connectivity index (χ0v) is 23.1. The lowest BCUT2D eigenvalue weighted by Gasteiger charge is -2.77. The van der Waals surface area contributed by atoms with Gasteiger partial charge in [-0.15, -0.1) is 6.58 Å². The summed E-state index contributed by atoms with van der Waals surface area (Å²) in [5.74, 6) is 2.73. The van der Waals surface area contributed by atoms with E-state index in [4.69, 9.17) is 0 Å². The highest BCUT2D eigenvalue weighted by Gasteiger charge is 2.75. The highest BCUT2D eigenvalue weighted by Crippen LogP contribution is 2.80. The van der Waals surface area contributed by atoms with Crippen molar-refractivity contribution in [3.8, 4) is 0 Å². The number of fused-ring (bicyclic) bond motifs is 7. The maximum absolute atomic E-state index is 10.7. The van der Waals surface area contributed by atoms with Crippen LogP contribution in [0.5, 0.6) is 0 Å². The van der Waals surface area contributed by atoms with Crippen molar-refractivity contribution in [2.45, 2.75) is 104 Å². The van der Waals surface area contributed by atoms with Crippen LogP contribution in [0.3, 0.4) is 0 Å². The molecule has 0 bridgehead atoms. The molecule has 11 atom stereocenters. The summed E-state index contributed by atoms with van der Waals surface area (Å²) in [4.78, 5) is 0. The Kier molecular flexibility index (Phi) is 5.81. The molecule has 11 unspecified atom stereocenters. The van der Waals surface area contributed by atoms with Gasteiger partial charge < -0.3 is 15.5 Å². The lowest BCUT2D eigenvalue weighted by molar-refractivity contribution is -0.277. The molecular formula is C31H53NO2. The molecule has 0 aliphatic heterocycles. The summed E-state index contributed by atoms with van der Waals surface area (Å²) in [5, 5.41) is 24.8. The van der Waals surface area contributed by atoms with Crippen molar-refractivity contribution in [2.24, 2.45) is 56.7 Å². The third kappa shape index (κ3) is 2.61. The fourth-order valence-electron chi connectivity index (χ4n) is 12.5. The van der Waals surface area contributed by atoms with E-state index in [1.165, 1.54) is 57.8 Å². The van der Waals surface area contributed by atoms with E-state index < -0.39 is 0 Å². The zero-order chi connectivity index (χ0) is 24.8. The molecule has 0 spiro atoms. The van der Waals surface area contributed by atoms with Gasteiger partial charge in [-0.2, -0.15) is 0 Å². The maximum atomic E-state index is 10.7. The summed E-state index contributed by atoms with van der Waals surface area (Å²) in [7, 11) is 2.20. The van der Waals surface area contributed by atoms with Gasteiger partial charge in [-0.1, -0.05) is 40.7 Å². The average molecular weight is 472 g/mol. The van der Waals surface area contributed by atoms with Crippen LogP contribution in [0.4, 0.5) is 0 Å². The van der Waals surface area contributed by atoms with Crippen molar-refractivity contribution in [2.75, 3.05) is 20.3 Å². The van der Waals surface area contributed by atoms with Crippen molar-refractivity contribution < 1.29 is 10.2 Å². The quantitative estimate of drug-likeness (QED) is 0.428. The van der Waals surface area contributed by atoms with E-state index in [1.807, 2.05) is 0 Å². The molecule has 5 saturated carbocycles. The number of aliphatic hydroxyl groups excluding tert-OH is 2. The second kappa shape index (κ2) is 7.81. The number of aliphatic hydroxyl groups is 2. The van der Waals surface area contributed by atoms with Crippen LogP contribution in [0, 0.1) is 56.7 Å². The second-order valence-electron chi connectivity index (χ2n) is 14.6. The van der Waals surface area contributed by atoms with Gasteiger partial charge in [-0.05, 0) is 128 Å². The molecule has 5 fully saturated rings. The molecule has 5 aliphatic rings. The Balaban J connectivity index is 1.60. The van der Waals surface area contributed by atoms with Crippen LogP contribution in [-0.2, 0) is 0 Å². The summed E-state index contributed by atoms with van der Waals surface area (Å²) < 4.78 is 0. The van der Waals surface area contributed by atoms with E-state index in [1.54, 1.807) is 0 Å². The van der Waals surface area contributed by atoms with Crippen molar-refractivity contribution in [1.82, 2.24) is 5.32 Å². The van der Waals surface area contributed by atoms with Gasteiger partial charge in [0.05, 0.1) is 0 Å². The number of hydrogen-bond acceptors (Lipinski definition) is 3. The van der Waals surface area contributed by atoms with Crippen molar-refractivity contribution >= 4 is 0 Å². The molecule has 3 nitrogen and oxygen atoms in total. The molecule has 0 aromatic rings. The third-order valence-corrected chi connectivity index (χ3v) is 14.8. The molecule has 0 radical (unpaired) electrons. The van der Waals surface area contributed by atoms with Gasteiger partial charge in [0.1, 0.15) is 0 Å². The summed E-state index contributed by atoms with van der Waals surface area (Å²) >= 11 is 0. The molecule has 0 saturated heterocycles. The summed E-state index contributed by atoms with van der Waals surface area (Å²) in [5.41, 5.74) is 1.31. The van der Waals surface area contributed by atoms with Crippen LogP contribution >= 0.6 is 0 Å². The van der Waals surface area contributed by atoms with E-state index in [0.29, 0.717) is 48.2 Å². The van der Waals surface area contributed by atoms with Crippen LogP contribution in [0.2, 0.25) is 0 Å². The molecule has 5 aliphatic carbocycles. The topological polar surface area (TPSA) is 52.5 Å². The molecule has 194 valence electrons. The first-order valence-corrected chi connectivity index (χ1v) is 14.5. The minimum atomic E-state index is 0.108. The molecule has 3 N–H and O–H groups in total. The first-order valence-electron chi connectivity index (χ1n) is 14.5. The Morgan fingerprint density at radius 3 is 2.18 bits per heavy atom. The molecule has 34 heavy (non-hydrogen) atoms. The lowest BCUT2D eigenvalue weighted by atomic mass is 9.28. The SMILES string of the molecule is C=CC1CCC2(CO)CCC3(C)C(C)(CCC4C5(C)CCC(CO)C(C)C5(NC)CCC43C)C12. The van der Waals surface area contributed by atoms with Gasteiger partial charge in [0.15, 0.2) is 0 Å². The Bertz CT molecular complexity index is 828. The van der Waals surface area contributed by atoms with Gasteiger partial charge in [-0.25, -0.2) is 0 Å². The predicted octanol–water partition coefficient (Wildman–Crippen LogP) is 6.20. The fraction of sp³-hybridized carbons (Fsp3) is 0.935. The minimum absolute atomic E-state index is 0.108. The fourth-order valence-corrected chi connectivity index (χ4v) is 12.5. The Morgan fingerprint density at radius 1 is 0.853 bits per heavy atom. The van der Waals surface area contributed by atoms with Crippen LogP contribution in [0.25, 0.3) is 0 Å². The number of nitrogens with one attached hydrogen (secondary N) is 1. The molecule has 0 aromatic carbocycles. The van der Waals surface area contributed by atoms with Gasteiger partial charge in [-0.3, -0.25) is 0 Å². The molecular weight excluding hydrogens is 418 g/mol. The van der Waals surface area contributed by atoms with E-state index in [-0.39, 0.29) is 27.2 Å². The minimum Gasteiger partial charge on any atom is -0.396 e. The van der Waals surface area contributed by atoms with Gasteiger partial charge in [0.2, 0.25) is 0 Å². The summed E-state index contributed by atoms with van der Waals surface area (Å²) in [6.07, 6.45) is 14.6. The van der Waals surface area contributed by atoms with Crippen LogP contribution in [-0.4, -0.2) is 36.0 Å². The van der Waals surface area contributed by atoms with Crippen LogP contribution in [0.1, 0.15) is 98.8 Å². The van der Waals surface area contributed by atoms with Gasteiger partial charge in [0.25, 0.3) is 0 Å². The Hall–Kier alpha value is -0.380. The first kappa shape index (κ1) is 25.3. The number of allylic oxidation sites excluding steroid dienone is 1. The number of hydrogen-bond donors (Lipinski definition) is 3.